The van der Waals surface area contributed by atoms with E-state index in [1.165, 1.54) is 25.7 Å². The molecule has 0 spiro atoms. The minimum atomic E-state index is 0.120. The highest BCUT2D eigenvalue weighted by molar-refractivity contribution is 5.77. The molecule has 1 saturated carbocycles. The van der Waals surface area contributed by atoms with Gasteiger partial charge in [0, 0.05) is 19.0 Å². The van der Waals surface area contributed by atoms with Crippen LogP contribution >= 0.6 is 0 Å². The van der Waals surface area contributed by atoms with Gasteiger partial charge >= 0.3 is 0 Å². The molecule has 1 aliphatic carbocycles. The molecule has 19 heavy (non-hydrogen) atoms. The Morgan fingerprint density at radius 3 is 2.84 bits per heavy atom. The van der Waals surface area contributed by atoms with Crippen LogP contribution in [0.4, 0.5) is 0 Å². The average molecular weight is 262 g/mol. The fourth-order valence-corrected chi connectivity index (χ4v) is 3.48. The normalized spacial score (nSPS) is 24.3. The summed E-state index contributed by atoms with van der Waals surface area (Å²) in [6.45, 7) is 2.79. The Hall–Kier alpha value is -1.32. The highest BCUT2D eigenvalue weighted by Crippen LogP contribution is 2.35. The third-order valence-corrected chi connectivity index (χ3v) is 4.49. The zero-order chi connectivity index (χ0) is 13.2. The van der Waals surface area contributed by atoms with Crippen molar-refractivity contribution in [2.24, 2.45) is 5.92 Å². The van der Waals surface area contributed by atoms with E-state index in [9.17, 15) is 4.79 Å². The van der Waals surface area contributed by atoms with Gasteiger partial charge in [-0.15, -0.1) is 0 Å². The van der Waals surface area contributed by atoms with E-state index < -0.39 is 0 Å². The van der Waals surface area contributed by atoms with Gasteiger partial charge in [0.05, 0.1) is 11.7 Å². The zero-order valence-electron chi connectivity index (χ0n) is 11.6. The van der Waals surface area contributed by atoms with Gasteiger partial charge in [0.25, 0.3) is 0 Å². The lowest BCUT2D eigenvalue weighted by Crippen LogP contribution is -2.31. The van der Waals surface area contributed by atoms with E-state index in [1.807, 2.05) is 17.9 Å². The quantitative estimate of drug-likeness (QED) is 0.840. The van der Waals surface area contributed by atoms with Crippen LogP contribution in [0.15, 0.2) is 10.6 Å². The number of aryl methyl sites for hydroxylation is 1. The Kier molecular flexibility index (Phi) is 3.58. The van der Waals surface area contributed by atoms with Crippen LogP contribution in [-0.4, -0.2) is 22.5 Å². The average Bonchev–Trinajstić information content (AvgIpc) is 3.07. The first kappa shape index (κ1) is 12.7. The molecule has 0 aromatic carbocycles. The van der Waals surface area contributed by atoms with E-state index in [1.54, 1.807) is 0 Å². The molecule has 0 bridgehead atoms. The first-order valence-electron chi connectivity index (χ1n) is 7.47. The van der Waals surface area contributed by atoms with Crippen LogP contribution in [0.3, 0.4) is 0 Å². The Morgan fingerprint density at radius 1 is 1.37 bits per heavy atom. The summed E-state index contributed by atoms with van der Waals surface area (Å²) >= 11 is 0. The molecule has 1 aromatic rings. The number of hydrogen-bond acceptors (Lipinski definition) is 3. The number of aromatic nitrogens is 1. The molecule has 1 saturated heterocycles. The molecular formula is C15H22N2O2. The first-order valence-corrected chi connectivity index (χ1v) is 7.47. The third kappa shape index (κ3) is 2.67. The van der Waals surface area contributed by atoms with Crippen molar-refractivity contribution in [1.29, 1.82) is 0 Å². The lowest BCUT2D eigenvalue weighted by Gasteiger charge is -2.24. The van der Waals surface area contributed by atoms with Gasteiger partial charge < -0.3 is 9.42 Å². The smallest absolute Gasteiger partial charge is 0.223 e. The van der Waals surface area contributed by atoms with Gasteiger partial charge in [-0.1, -0.05) is 18.0 Å². The van der Waals surface area contributed by atoms with Crippen molar-refractivity contribution in [2.75, 3.05) is 6.54 Å². The van der Waals surface area contributed by atoms with E-state index in [0.29, 0.717) is 11.8 Å². The third-order valence-electron chi connectivity index (χ3n) is 4.49. The van der Waals surface area contributed by atoms with E-state index in [-0.39, 0.29) is 6.04 Å². The second kappa shape index (κ2) is 5.35. The Labute approximate surface area is 114 Å². The Bertz CT molecular complexity index is 449. The monoisotopic (exact) mass is 262 g/mol. The van der Waals surface area contributed by atoms with Crippen LogP contribution in [0.2, 0.25) is 0 Å². The fraction of sp³-hybridized carbons (Fsp3) is 0.733. The van der Waals surface area contributed by atoms with Crippen molar-refractivity contribution in [2.45, 2.75) is 57.9 Å². The minimum absolute atomic E-state index is 0.120. The predicted molar refractivity (Wildman–Crippen MR) is 71.5 cm³/mol. The van der Waals surface area contributed by atoms with Crippen molar-refractivity contribution < 1.29 is 9.32 Å². The van der Waals surface area contributed by atoms with E-state index in [0.717, 1.165) is 37.3 Å². The zero-order valence-corrected chi connectivity index (χ0v) is 11.6. The van der Waals surface area contributed by atoms with Crippen molar-refractivity contribution in [1.82, 2.24) is 10.1 Å². The largest absolute Gasteiger partial charge is 0.359 e. The van der Waals surface area contributed by atoms with Gasteiger partial charge in [-0.25, -0.2) is 0 Å². The molecule has 1 atom stereocenters. The van der Waals surface area contributed by atoms with Crippen LogP contribution in [0.1, 0.15) is 62.4 Å². The van der Waals surface area contributed by atoms with E-state index in [4.69, 9.17) is 4.52 Å². The maximum Gasteiger partial charge on any atom is 0.223 e. The Balaban J connectivity index is 1.66. The SMILES string of the molecule is Cc1cc([C@@H]2CCCN2C(=O)CC2CCCC2)on1. The van der Waals surface area contributed by atoms with Gasteiger partial charge in [0.15, 0.2) is 5.76 Å². The standard InChI is InChI=1S/C15H22N2O2/c1-11-9-14(19-16-11)13-7-4-8-17(13)15(18)10-12-5-2-3-6-12/h9,12-13H,2-8,10H2,1H3/t13-/m0/s1. The fourth-order valence-electron chi connectivity index (χ4n) is 3.48. The van der Waals surface area contributed by atoms with Crippen LogP contribution < -0.4 is 0 Å². The van der Waals surface area contributed by atoms with Gasteiger partial charge in [0.1, 0.15) is 0 Å². The summed E-state index contributed by atoms with van der Waals surface area (Å²) in [5.74, 6) is 1.78. The van der Waals surface area contributed by atoms with Crippen molar-refractivity contribution >= 4 is 5.91 Å². The number of rotatable bonds is 3. The van der Waals surface area contributed by atoms with Crippen LogP contribution in [0.5, 0.6) is 0 Å². The molecule has 1 aliphatic heterocycles. The van der Waals surface area contributed by atoms with Crippen LogP contribution in [-0.2, 0) is 4.79 Å². The summed E-state index contributed by atoms with van der Waals surface area (Å²) in [6.07, 6.45) is 7.85. The summed E-state index contributed by atoms with van der Waals surface area (Å²) in [5, 5.41) is 3.95. The molecule has 0 N–H and O–H groups in total. The molecule has 2 fully saturated rings. The number of hydrogen-bond donors (Lipinski definition) is 0. The molecule has 0 radical (unpaired) electrons. The summed E-state index contributed by atoms with van der Waals surface area (Å²) < 4.78 is 5.35. The lowest BCUT2D eigenvalue weighted by molar-refractivity contribution is -0.133. The first-order chi connectivity index (χ1) is 9.24. The number of nitrogens with zero attached hydrogens (tertiary/aromatic N) is 2. The predicted octanol–water partition coefficient (Wildman–Crippen LogP) is 3.23. The topological polar surface area (TPSA) is 46.3 Å². The van der Waals surface area contributed by atoms with Crippen molar-refractivity contribution in [3.63, 3.8) is 0 Å². The summed E-state index contributed by atoms with van der Waals surface area (Å²) in [6, 6.07) is 2.08. The van der Waals surface area contributed by atoms with Gasteiger partial charge in [-0.3, -0.25) is 4.79 Å². The van der Waals surface area contributed by atoms with Crippen LogP contribution in [0.25, 0.3) is 0 Å². The van der Waals surface area contributed by atoms with E-state index in [2.05, 4.69) is 5.16 Å². The number of carbonyl (C=O) groups excluding carboxylic acids is 1. The van der Waals surface area contributed by atoms with Crippen molar-refractivity contribution in [3.8, 4) is 0 Å². The van der Waals surface area contributed by atoms with Crippen molar-refractivity contribution in [3.05, 3.63) is 17.5 Å². The number of amides is 1. The summed E-state index contributed by atoms with van der Waals surface area (Å²) in [4.78, 5) is 14.5. The summed E-state index contributed by atoms with van der Waals surface area (Å²) in [5.41, 5.74) is 0.894. The van der Waals surface area contributed by atoms with Crippen LogP contribution in [0, 0.1) is 12.8 Å². The van der Waals surface area contributed by atoms with Gasteiger partial charge in [-0.05, 0) is 38.5 Å². The maximum atomic E-state index is 12.5. The molecule has 104 valence electrons. The molecule has 4 nitrogen and oxygen atoms in total. The maximum absolute atomic E-state index is 12.5. The lowest BCUT2D eigenvalue weighted by atomic mass is 10.0. The molecule has 0 unspecified atom stereocenters. The molecule has 1 aromatic heterocycles. The van der Waals surface area contributed by atoms with Gasteiger partial charge in [0.2, 0.25) is 5.91 Å². The molecule has 3 rings (SSSR count). The Morgan fingerprint density at radius 2 is 2.16 bits per heavy atom. The molecule has 1 amide bonds. The molecule has 2 heterocycles. The second-order valence-electron chi connectivity index (χ2n) is 5.97. The minimum Gasteiger partial charge on any atom is -0.359 e. The second-order valence-corrected chi connectivity index (χ2v) is 5.97. The molecule has 4 heteroatoms. The molecular weight excluding hydrogens is 240 g/mol. The number of likely N-dealkylation sites (tertiary alicyclic amines) is 1. The van der Waals surface area contributed by atoms with Gasteiger partial charge in [-0.2, -0.15) is 0 Å². The summed E-state index contributed by atoms with van der Waals surface area (Å²) in [7, 11) is 0. The highest BCUT2D eigenvalue weighted by Gasteiger charge is 2.33. The van der Waals surface area contributed by atoms with E-state index >= 15 is 0 Å². The molecule has 2 aliphatic rings. The number of carbonyl (C=O) groups is 1. The highest BCUT2D eigenvalue weighted by atomic mass is 16.5.